The Labute approximate surface area is 224 Å². The summed E-state index contributed by atoms with van der Waals surface area (Å²) in [5.41, 5.74) is 13.3. The van der Waals surface area contributed by atoms with E-state index >= 15 is 0 Å². The fourth-order valence-corrected chi connectivity index (χ4v) is 5.87. The number of furan rings is 1. The molecule has 186 valence electrons. The van der Waals surface area contributed by atoms with Crippen molar-refractivity contribution in [1.29, 1.82) is 0 Å². The van der Waals surface area contributed by atoms with E-state index < -0.39 is 0 Å². The van der Waals surface area contributed by atoms with Gasteiger partial charge in [-0.2, -0.15) is 0 Å². The lowest BCUT2D eigenvalue weighted by atomic mass is 10.0. The molecule has 6 aromatic carbocycles. The summed E-state index contributed by atoms with van der Waals surface area (Å²) in [6.45, 7) is 0.420. The molecule has 2 N–H and O–H groups in total. The molecule has 0 aliphatic rings. The molecule has 0 aliphatic carbocycles. The first-order chi connectivity index (χ1) is 19.3. The minimum absolute atomic E-state index is 0.420. The number of hydrogen-bond acceptors (Lipinski definition) is 3. The van der Waals surface area contributed by atoms with Gasteiger partial charge in [-0.1, -0.05) is 78.9 Å². The lowest BCUT2D eigenvalue weighted by molar-refractivity contribution is 0.308. The first kappa shape index (κ1) is 21.8. The van der Waals surface area contributed by atoms with Crippen molar-refractivity contribution in [2.75, 3.05) is 5.73 Å². The largest absolute Gasteiger partial charge is 0.487 e. The Morgan fingerprint density at radius 2 is 1.33 bits per heavy atom. The van der Waals surface area contributed by atoms with Crippen molar-refractivity contribution in [1.82, 2.24) is 4.57 Å². The summed E-state index contributed by atoms with van der Waals surface area (Å²) in [7, 11) is 0. The Bertz CT molecular complexity index is 2190. The zero-order chi connectivity index (χ0) is 25.9. The summed E-state index contributed by atoms with van der Waals surface area (Å²) in [6, 6.07) is 42.0. The minimum Gasteiger partial charge on any atom is -0.487 e. The molecule has 2 heterocycles. The zero-order valence-corrected chi connectivity index (χ0v) is 21.1. The van der Waals surface area contributed by atoms with Crippen LogP contribution >= 0.6 is 0 Å². The molecule has 4 nitrogen and oxygen atoms in total. The summed E-state index contributed by atoms with van der Waals surface area (Å²) in [5.74, 6) is 0.660. The van der Waals surface area contributed by atoms with Gasteiger partial charge in [-0.05, 0) is 58.8 Å². The molecule has 0 saturated carbocycles. The Hall–Kier alpha value is -5.22. The van der Waals surface area contributed by atoms with E-state index in [-0.39, 0.29) is 0 Å². The van der Waals surface area contributed by atoms with E-state index in [0.29, 0.717) is 18.0 Å². The van der Waals surface area contributed by atoms with E-state index in [1.54, 1.807) is 0 Å². The second kappa shape index (κ2) is 8.40. The molecule has 39 heavy (non-hydrogen) atoms. The molecule has 2 aromatic heterocycles. The summed E-state index contributed by atoms with van der Waals surface area (Å²) in [6.07, 6.45) is 0. The number of hydrogen-bond donors (Lipinski definition) is 1. The molecule has 0 unspecified atom stereocenters. The number of anilines is 1. The van der Waals surface area contributed by atoms with Gasteiger partial charge in [0, 0.05) is 21.8 Å². The van der Waals surface area contributed by atoms with Crippen molar-refractivity contribution < 1.29 is 9.15 Å². The van der Waals surface area contributed by atoms with Crippen LogP contribution < -0.4 is 10.5 Å². The van der Waals surface area contributed by atoms with E-state index in [1.807, 2.05) is 36.4 Å². The molecule has 8 rings (SSSR count). The van der Waals surface area contributed by atoms with Gasteiger partial charge in [-0.15, -0.1) is 0 Å². The van der Waals surface area contributed by atoms with Crippen LogP contribution in [0.3, 0.4) is 0 Å². The molecular formula is C35H24N2O2. The Morgan fingerprint density at radius 3 is 2.21 bits per heavy atom. The maximum atomic E-state index is 6.54. The Kier molecular flexibility index (Phi) is 4.70. The molecule has 0 spiro atoms. The van der Waals surface area contributed by atoms with Crippen LogP contribution in [-0.4, -0.2) is 4.57 Å². The maximum Gasteiger partial charge on any atom is 0.143 e. The van der Waals surface area contributed by atoms with Gasteiger partial charge in [0.15, 0.2) is 0 Å². The standard InChI is InChI=1S/C35H24N2O2/c36-35-32(20-19-31-34(35)27-10-4-6-12-30(27)39-31)38-21-22-13-16-24(17-14-22)37-28-11-5-3-9-26(28)33-25-8-2-1-7-23(25)15-18-29(33)37/h1-20H,21,36H2. The number of nitrogens with zero attached hydrogens (tertiary/aromatic N) is 1. The second-order valence-corrected chi connectivity index (χ2v) is 9.94. The highest BCUT2D eigenvalue weighted by molar-refractivity contribution is 6.21. The van der Waals surface area contributed by atoms with Crippen molar-refractivity contribution in [2.24, 2.45) is 0 Å². The summed E-state index contributed by atoms with van der Waals surface area (Å²) in [4.78, 5) is 0. The van der Waals surface area contributed by atoms with Crippen LogP contribution in [0.15, 0.2) is 126 Å². The van der Waals surface area contributed by atoms with Crippen LogP contribution in [0.4, 0.5) is 5.69 Å². The highest BCUT2D eigenvalue weighted by Crippen LogP contribution is 2.39. The normalized spacial score (nSPS) is 11.8. The van der Waals surface area contributed by atoms with Crippen LogP contribution in [-0.2, 0) is 6.61 Å². The molecule has 0 fully saturated rings. The van der Waals surface area contributed by atoms with Gasteiger partial charge in [0.1, 0.15) is 23.5 Å². The lowest BCUT2D eigenvalue weighted by Gasteiger charge is -2.12. The van der Waals surface area contributed by atoms with Gasteiger partial charge in [-0.3, -0.25) is 0 Å². The molecular weight excluding hydrogens is 480 g/mol. The number of nitrogen functional groups attached to an aromatic ring is 1. The predicted molar refractivity (Wildman–Crippen MR) is 161 cm³/mol. The van der Waals surface area contributed by atoms with Crippen molar-refractivity contribution in [3.8, 4) is 11.4 Å². The summed E-state index contributed by atoms with van der Waals surface area (Å²) >= 11 is 0. The Balaban J connectivity index is 1.15. The van der Waals surface area contributed by atoms with E-state index in [9.17, 15) is 0 Å². The number of aromatic nitrogens is 1. The first-order valence-electron chi connectivity index (χ1n) is 13.1. The lowest BCUT2D eigenvalue weighted by Crippen LogP contribution is -2.00. The maximum absolute atomic E-state index is 6.54. The predicted octanol–water partition coefficient (Wildman–Crippen LogP) is 9.00. The molecule has 4 heteroatoms. The molecule has 0 bridgehead atoms. The highest BCUT2D eigenvalue weighted by Gasteiger charge is 2.15. The average Bonchev–Trinajstić information content (AvgIpc) is 3.54. The number of nitrogens with two attached hydrogens (primary N) is 1. The fraction of sp³-hybridized carbons (Fsp3) is 0.0286. The van der Waals surface area contributed by atoms with Crippen LogP contribution in [0.2, 0.25) is 0 Å². The quantitative estimate of drug-likeness (QED) is 0.243. The highest BCUT2D eigenvalue weighted by atomic mass is 16.5. The number of para-hydroxylation sites is 2. The molecule has 0 radical (unpaired) electrons. The molecule has 0 amide bonds. The average molecular weight is 505 g/mol. The fourth-order valence-electron chi connectivity index (χ4n) is 5.87. The zero-order valence-electron chi connectivity index (χ0n) is 21.1. The van der Waals surface area contributed by atoms with Gasteiger partial charge >= 0.3 is 0 Å². The number of benzene rings is 6. The second-order valence-electron chi connectivity index (χ2n) is 9.94. The van der Waals surface area contributed by atoms with E-state index in [0.717, 1.165) is 33.2 Å². The number of ether oxygens (including phenoxy) is 1. The third-order valence-electron chi connectivity index (χ3n) is 7.69. The van der Waals surface area contributed by atoms with E-state index in [4.69, 9.17) is 14.9 Å². The third kappa shape index (κ3) is 3.32. The van der Waals surface area contributed by atoms with Crippen LogP contribution in [0, 0.1) is 0 Å². The van der Waals surface area contributed by atoms with Crippen molar-refractivity contribution >= 4 is 60.2 Å². The number of rotatable bonds is 4. The molecule has 8 aromatic rings. The molecule has 0 saturated heterocycles. The SMILES string of the molecule is Nc1c(OCc2ccc(-n3c4ccccc4c4c5ccccc5ccc43)cc2)ccc2oc3ccccc3c12. The van der Waals surface area contributed by atoms with Gasteiger partial charge in [0.05, 0.1) is 22.1 Å². The summed E-state index contributed by atoms with van der Waals surface area (Å²) < 4.78 is 14.5. The topological polar surface area (TPSA) is 53.3 Å². The van der Waals surface area contributed by atoms with Gasteiger partial charge in [0.2, 0.25) is 0 Å². The van der Waals surface area contributed by atoms with E-state index in [1.165, 1.54) is 32.6 Å². The van der Waals surface area contributed by atoms with Gasteiger partial charge < -0.3 is 19.5 Å². The van der Waals surface area contributed by atoms with Crippen LogP contribution in [0.5, 0.6) is 5.75 Å². The number of fused-ring (bicyclic) bond motifs is 8. The van der Waals surface area contributed by atoms with Crippen LogP contribution in [0.1, 0.15) is 5.56 Å². The van der Waals surface area contributed by atoms with Crippen molar-refractivity contribution in [3.05, 3.63) is 127 Å². The van der Waals surface area contributed by atoms with Crippen molar-refractivity contribution in [3.63, 3.8) is 0 Å². The minimum atomic E-state index is 0.420. The van der Waals surface area contributed by atoms with Gasteiger partial charge in [-0.25, -0.2) is 0 Å². The van der Waals surface area contributed by atoms with Crippen molar-refractivity contribution in [2.45, 2.75) is 6.61 Å². The van der Waals surface area contributed by atoms with Crippen LogP contribution in [0.25, 0.3) is 60.2 Å². The molecule has 0 atom stereocenters. The third-order valence-corrected chi connectivity index (χ3v) is 7.69. The summed E-state index contributed by atoms with van der Waals surface area (Å²) in [5, 5.41) is 6.97. The molecule has 0 aliphatic heterocycles. The smallest absolute Gasteiger partial charge is 0.143 e. The first-order valence-corrected chi connectivity index (χ1v) is 13.1. The monoisotopic (exact) mass is 504 g/mol. The van der Waals surface area contributed by atoms with Gasteiger partial charge in [0.25, 0.3) is 0 Å². The van der Waals surface area contributed by atoms with E-state index in [2.05, 4.69) is 89.5 Å². The Morgan fingerprint density at radius 1 is 0.590 bits per heavy atom.